The van der Waals surface area contributed by atoms with Crippen molar-refractivity contribution in [2.24, 2.45) is 39.4 Å². The summed E-state index contributed by atoms with van der Waals surface area (Å²) in [5.74, 6) is -0.156. The molecule has 0 radical (unpaired) electrons. The molecule has 7 heteroatoms. The first-order chi connectivity index (χ1) is 17.1. The summed E-state index contributed by atoms with van der Waals surface area (Å²) in [5.41, 5.74) is -1.56. The second-order valence-electron chi connectivity index (χ2n) is 14.3. The average Bonchev–Trinajstić information content (AvgIpc) is 3.03. The van der Waals surface area contributed by atoms with E-state index in [0.717, 1.165) is 12.0 Å². The largest absolute Gasteiger partial charge is 0.392 e. The van der Waals surface area contributed by atoms with E-state index < -0.39 is 40.2 Å². The van der Waals surface area contributed by atoms with Crippen LogP contribution in [-0.2, 0) is 9.53 Å². The molecule has 11 atom stereocenters. The minimum absolute atomic E-state index is 0.0164. The fourth-order valence-electron chi connectivity index (χ4n) is 10.1. The minimum atomic E-state index is -1.08. The van der Waals surface area contributed by atoms with E-state index in [-0.39, 0.29) is 48.3 Å². The zero-order valence-corrected chi connectivity index (χ0v) is 23.2. The fourth-order valence-corrected chi connectivity index (χ4v) is 10.1. The molecule has 0 aromatic heterocycles. The third-order valence-electron chi connectivity index (χ3n) is 12.1. The highest BCUT2D eigenvalue weighted by atomic mass is 16.5. The lowest BCUT2D eigenvalue weighted by atomic mass is 9.38. The first kappa shape index (κ1) is 27.5. The van der Waals surface area contributed by atoms with Crippen LogP contribution < -0.4 is 0 Å². The van der Waals surface area contributed by atoms with E-state index in [4.69, 9.17) is 4.74 Å². The molecule has 5 aliphatic rings. The number of carbonyl (C=O) groups is 1. The van der Waals surface area contributed by atoms with Gasteiger partial charge in [0, 0.05) is 29.6 Å². The smallest absolute Gasteiger partial charge is 0.140 e. The molecule has 5 N–H and O–H groups in total. The van der Waals surface area contributed by atoms with E-state index in [2.05, 4.69) is 26.8 Å². The molecule has 5 rings (SSSR count). The molecule has 4 fully saturated rings. The Kier molecular flexibility index (Phi) is 6.28. The Labute approximate surface area is 220 Å². The van der Waals surface area contributed by atoms with Gasteiger partial charge in [0.2, 0.25) is 0 Å². The van der Waals surface area contributed by atoms with Crippen molar-refractivity contribution in [1.82, 2.24) is 0 Å². The Hall–Kier alpha value is -1.09. The van der Waals surface area contributed by atoms with Crippen LogP contribution in [0.15, 0.2) is 23.3 Å². The molecule has 7 nitrogen and oxygen atoms in total. The van der Waals surface area contributed by atoms with Gasteiger partial charge in [0.05, 0.1) is 43.2 Å². The van der Waals surface area contributed by atoms with Gasteiger partial charge in [-0.3, -0.25) is 4.79 Å². The number of ether oxygens (including phenoxy) is 1. The summed E-state index contributed by atoms with van der Waals surface area (Å²) in [7, 11) is 0. The van der Waals surface area contributed by atoms with Gasteiger partial charge in [-0.1, -0.05) is 52.3 Å². The number of hydrogen-bond acceptors (Lipinski definition) is 7. The summed E-state index contributed by atoms with van der Waals surface area (Å²) >= 11 is 0. The lowest BCUT2D eigenvalue weighted by molar-refractivity contribution is -0.202. The lowest BCUT2D eigenvalue weighted by Crippen LogP contribution is -2.65. The zero-order valence-electron chi connectivity index (χ0n) is 23.2. The first-order valence-corrected chi connectivity index (χ1v) is 14.0. The van der Waals surface area contributed by atoms with Gasteiger partial charge in [-0.2, -0.15) is 0 Å². The van der Waals surface area contributed by atoms with E-state index in [9.17, 15) is 30.3 Å². The highest BCUT2D eigenvalue weighted by molar-refractivity contribution is 5.88. The predicted octanol–water partition coefficient (Wildman–Crippen LogP) is 2.53. The maximum Gasteiger partial charge on any atom is 0.140 e. The SMILES string of the molecule is CC1(O)CC(C=C(CO)CO)OC2CC3(C)C4CC=C5C(CC(O)C(O)C5(C)C)C4(C)C(=O)CC3(C)C21. The van der Waals surface area contributed by atoms with Crippen LogP contribution in [0.2, 0.25) is 0 Å². The van der Waals surface area contributed by atoms with Crippen LogP contribution in [0.4, 0.5) is 0 Å². The fraction of sp³-hybridized carbons (Fsp3) is 0.833. The normalized spacial score (nSPS) is 52.4. The van der Waals surface area contributed by atoms with E-state index in [1.807, 2.05) is 20.8 Å². The summed E-state index contributed by atoms with van der Waals surface area (Å²) in [6.07, 6.45) is 4.04. The number of allylic oxidation sites excluding steroid dienone is 1. The van der Waals surface area contributed by atoms with E-state index in [1.54, 1.807) is 6.08 Å². The molecule has 0 spiro atoms. The maximum absolute atomic E-state index is 14.3. The Morgan fingerprint density at radius 1 is 1.05 bits per heavy atom. The Morgan fingerprint density at radius 3 is 2.32 bits per heavy atom. The second-order valence-corrected chi connectivity index (χ2v) is 14.3. The van der Waals surface area contributed by atoms with E-state index in [0.29, 0.717) is 31.3 Å². The van der Waals surface area contributed by atoms with Crippen molar-refractivity contribution in [3.8, 4) is 0 Å². The van der Waals surface area contributed by atoms with Gasteiger partial charge in [0.25, 0.3) is 0 Å². The molecule has 208 valence electrons. The molecule has 1 heterocycles. The van der Waals surface area contributed by atoms with Crippen molar-refractivity contribution >= 4 is 5.78 Å². The molecule has 0 aromatic carbocycles. The molecule has 1 saturated heterocycles. The Bertz CT molecular complexity index is 1020. The number of carbonyl (C=O) groups excluding carboxylic acids is 1. The summed E-state index contributed by atoms with van der Waals surface area (Å²) in [6, 6.07) is 0. The van der Waals surface area contributed by atoms with Gasteiger partial charge in [0.1, 0.15) is 5.78 Å². The molecule has 0 aromatic rings. The predicted molar refractivity (Wildman–Crippen MR) is 138 cm³/mol. The highest BCUT2D eigenvalue weighted by Gasteiger charge is 2.75. The molecule has 0 bridgehead atoms. The summed E-state index contributed by atoms with van der Waals surface area (Å²) in [6.45, 7) is 11.8. The zero-order chi connectivity index (χ0) is 27.3. The number of fused-ring (bicyclic) bond motifs is 7. The molecule has 3 saturated carbocycles. The molecule has 1 aliphatic heterocycles. The van der Waals surface area contributed by atoms with Gasteiger partial charge >= 0.3 is 0 Å². The number of aliphatic hydroxyl groups is 5. The number of rotatable bonds is 3. The highest BCUT2D eigenvalue weighted by Crippen LogP contribution is 2.75. The first-order valence-electron chi connectivity index (χ1n) is 14.0. The summed E-state index contributed by atoms with van der Waals surface area (Å²) in [4.78, 5) is 14.3. The van der Waals surface area contributed by atoms with Crippen molar-refractivity contribution in [2.45, 2.75) is 104 Å². The Morgan fingerprint density at radius 2 is 1.70 bits per heavy atom. The molecule has 0 amide bonds. The number of hydrogen-bond donors (Lipinski definition) is 5. The third kappa shape index (κ3) is 3.50. The quantitative estimate of drug-likeness (QED) is 0.363. The van der Waals surface area contributed by atoms with Crippen LogP contribution in [-0.4, -0.2) is 74.5 Å². The minimum Gasteiger partial charge on any atom is -0.392 e. The second kappa shape index (κ2) is 8.45. The Balaban J connectivity index is 1.57. The number of aliphatic hydroxyl groups excluding tert-OH is 4. The van der Waals surface area contributed by atoms with Gasteiger partial charge in [-0.05, 0) is 54.4 Å². The molecule has 11 unspecified atom stereocenters. The van der Waals surface area contributed by atoms with Crippen molar-refractivity contribution in [3.05, 3.63) is 23.3 Å². The van der Waals surface area contributed by atoms with Crippen molar-refractivity contribution < 1.29 is 35.1 Å². The number of ketones is 1. The van der Waals surface area contributed by atoms with Crippen LogP contribution in [0.25, 0.3) is 0 Å². The van der Waals surface area contributed by atoms with Crippen LogP contribution in [0.3, 0.4) is 0 Å². The monoisotopic (exact) mass is 518 g/mol. The van der Waals surface area contributed by atoms with Gasteiger partial charge in [-0.15, -0.1) is 0 Å². The average molecular weight is 519 g/mol. The van der Waals surface area contributed by atoms with Gasteiger partial charge in [0.15, 0.2) is 0 Å². The van der Waals surface area contributed by atoms with Gasteiger partial charge < -0.3 is 30.3 Å². The van der Waals surface area contributed by atoms with E-state index in [1.165, 1.54) is 0 Å². The van der Waals surface area contributed by atoms with E-state index >= 15 is 0 Å². The van der Waals surface area contributed by atoms with Crippen LogP contribution >= 0.6 is 0 Å². The molecular weight excluding hydrogens is 472 g/mol. The number of Topliss-reactive ketones (excluding diaryl/α,β-unsaturated/α-hetero) is 1. The topological polar surface area (TPSA) is 127 Å². The van der Waals surface area contributed by atoms with Crippen LogP contribution in [0, 0.1) is 39.4 Å². The lowest BCUT2D eigenvalue weighted by Gasteiger charge is -2.65. The van der Waals surface area contributed by atoms with Gasteiger partial charge in [-0.25, -0.2) is 0 Å². The molecule has 4 aliphatic carbocycles. The van der Waals surface area contributed by atoms with Crippen molar-refractivity contribution in [3.63, 3.8) is 0 Å². The van der Waals surface area contributed by atoms with Crippen LogP contribution in [0.5, 0.6) is 0 Å². The summed E-state index contributed by atoms with van der Waals surface area (Å²) < 4.78 is 6.56. The maximum atomic E-state index is 14.3. The molecule has 37 heavy (non-hydrogen) atoms. The van der Waals surface area contributed by atoms with Crippen molar-refractivity contribution in [2.75, 3.05) is 13.2 Å². The van der Waals surface area contributed by atoms with Crippen molar-refractivity contribution in [1.29, 1.82) is 0 Å². The molecular formula is C30H46O7. The van der Waals surface area contributed by atoms with Crippen LogP contribution in [0.1, 0.15) is 73.6 Å². The third-order valence-corrected chi connectivity index (χ3v) is 12.1. The standard InChI is InChI=1S/C30H46O7/c1-26(2)18-7-8-22-27(3)12-21-24(29(5,36)11-17(37-21)9-16(14-31)15-32)28(27,4)13-23(34)30(22,6)19(18)10-20(33)25(26)35/h7,9,17,19-22,24-25,31-33,35-36H,8,10-15H2,1-6H3. The summed E-state index contributed by atoms with van der Waals surface area (Å²) in [5, 5.41) is 52.6.